The lowest BCUT2D eigenvalue weighted by Gasteiger charge is -2.11. The number of aryl methyl sites for hydroxylation is 1. The van der Waals surface area contributed by atoms with Gasteiger partial charge in [-0.3, -0.25) is 14.9 Å². The number of thiocarbonyl (C=S) groups is 1. The fraction of sp³-hybridized carbons (Fsp3) is 0.350. The second-order valence-electron chi connectivity index (χ2n) is 6.70. The van der Waals surface area contributed by atoms with E-state index in [0.717, 1.165) is 10.4 Å². The average Bonchev–Trinajstić information content (AvgIpc) is 2.95. The Bertz CT molecular complexity index is 874. The summed E-state index contributed by atoms with van der Waals surface area (Å²) in [5.74, 6) is 0.261. The van der Waals surface area contributed by atoms with E-state index in [1.165, 1.54) is 11.3 Å². The third-order valence-corrected chi connectivity index (χ3v) is 5.23. The van der Waals surface area contributed by atoms with Crippen LogP contribution in [0.3, 0.4) is 0 Å². The minimum atomic E-state index is -0.519. The maximum atomic E-state index is 12.4. The Hall–Kier alpha value is -2.45. The molecule has 0 unspecified atom stereocenters. The maximum Gasteiger partial charge on any atom is 0.257 e. The molecule has 6 nitrogen and oxygen atoms in total. The summed E-state index contributed by atoms with van der Waals surface area (Å²) in [6.07, 6.45) is 0.687. The van der Waals surface area contributed by atoms with Crippen molar-refractivity contribution in [3.05, 3.63) is 45.8 Å². The second kappa shape index (κ2) is 9.66. The van der Waals surface area contributed by atoms with Crippen LogP contribution in [0.2, 0.25) is 0 Å². The smallest absolute Gasteiger partial charge is 0.257 e. The first-order valence-electron chi connectivity index (χ1n) is 9.00. The highest BCUT2D eigenvalue weighted by Gasteiger charge is 2.20. The van der Waals surface area contributed by atoms with Crippen LogP contribution in [0.1, 0.15) is 51.9 Å². The molecule has 8 heteroatoms. The number of primary amides is 1. The molecule has 0 saturated carbocycles. The Morgan fingerprint density at radius 3 is 2.43 bits per heavy atom. The molecule has 1 heterocycles. The highest BCUT2D eigenvalue weighted by Crippen LogP contribution is 2.33. The van der Waals surface area contributed by atoms with Crippen molar-refractivity contribution in [2.75, 3.05) is 11.9 Å². The molecule has 1 aromatic heterocycles. The van der Waals surface area contributed by atoms with Gasteiger partial charge in [0.25, 0.3) is 11.8 Å². The van der Waals surface area contributed by atoms with Crippen molar-refractivity contribution in [1.29, 1.82) is 0 Å². The molecular formula is C20H25N3O3S2. The van der Waals surface area contributed by atoms with E-state index in [-0.39, 0.29) is 11.0 Å². The number of ether oxygens (including phenoxy) is 1. The zero-order valence-corrected chi connectivity index (χ0v) is 18.1. The molecular weight excluding hydrogens is 394 g/mol. The number of carbonyl (C=O) groups excluding carboxylic acids is 2. The van der Waals surface area contributed by atoms with Crippen molar-refractivity contribution >= 4 is 45.5 Å². The minimum absolute atomic E-state index is 0.108. The number of hydrogen-bond acceptors (Lipinski definition) is 5. The third kappa shape index (κ3) is 5.53. The summed E-state index contributed by atoms with van der Waals surface area (Å²) in [4.78, 5) is 25.2. The molecule has 0 bridgehead atoms. The molecule has 4 N–H and O–H groups in total. The molecule has 0 aliphatic carbocycles. The van der Waals surface area contributed by atoms with Gasteiger partial charge in [-0.25, -0.2) is 0 Å². The quantitative estimate of drug-likeness (QED) is 0.592. The van der Waals surface area contributed by atoms with Crippen LogP contribution >= 0.6 is 23.6 Å². The Balaban J connectivity index is 2.03. The van der Waals surface area contributed by atoms with Crippen LogP contribution in [0.15, 0.2) is 24.3 Å². The van der Waals surface area contributed by atoms with Gasteiger partial charge < -0.3 is 15.8 Å². The number of carbonyl (C=O) groups is 2. The zero-order chi connectivity index (χ0) is 20.8. The van der Waals surface area contributed by atoms with E-state index in [4.69, 9.17) is 22.7 Å². The van der Waals surface area contributed by atoms with Crippen LogP contribution in [0.5, 0.6) is 5.75 Å². The predicted octanol–water partition coefficient (Wildman–Crippen LogP) is 3.88. The molecule has 1 aromatic carbocycles. The lowest BCUT2D eigenvalue weighted by Crippen LogP contribution is -2.34. The van der Waals surface area contributed by atoms with E-state index in [9.17, 15) is 9.59 Å². The molecule has 2 rings (SSSR count). The number of nitrogens with two attached hydrogens (primary N) is 1. The van der Waals surface area contributed by atoms with Crippen LogP contribution in [0, 0.1) is 12.8 Å². The third-order valence-electron chi connectivity index (χ3n) is 3.96. The number of benzene rings is 1. The van der Waals surface area contributed by atoms with Gasteiger partial charge in [0.1, 0.15) is 10.8 Å². The highest BCUT2D eigenvalue weighted by molar-refractivity contribution is 7.80. The molecule has 28 heavy (non-hydrogen) atoms. The number of thiophene rings is 1. The van der Waals surface area contributed by atoms with E-state index in [2.05, 4.69) is 24.5 Å². The van der Waals surface area contributed by atoms with Crippen LogP contribution in [0.25, 0.3) is 0 Å². The first-order valence-corrected chi connectivity index (χ1v) is 10.2. The van der Waals surface area contributed by atoms with Gasteiger partial charge in [0.2, 0.25) is 0 Å². The molecule has 2 aromatic rings. The van der Waals surface area contributed by atoms with Gasteiger partial charge >= 0.3 is 0 Å². The van der Waals surface area contributed by atoms with Gasteiger partial charge in [-0.05, 0) is 61.3 Å². The summed E-state index contributed by atoms with van der Waals surface area (Å²) in [7, 11) is 0. The SMILES string of the molecule is CCc1c(C)sc(NC(=S)NC(=O)c2ccc(OCC(C)C)cc2)c1C(N)=O. The van der Waals surface area contributed by atoms with Crippen LogP contribution in [0.4, 0.5) is 5.00 Å². The number of amides is 2. The predicted molar refractivity (Wildman–Crippen MR) is 117 cm³/mol. The number of rotatable bonds is 7. The van der Waals surface area contributed by atoms with Crippen LogP contribution < -0.4 is 21.1 Å². The Morgan fingerprint density at radius 2 is 1.89 bits per heavy atom. The van der Waals surface area contributed by atoms with Crippen molar-refractivity contribution in [1.82, 2.24) is 5.32 Å². The molecule has 2 amide bonds. The lowest BCUT2D eigenvalue weighted by molar-refractivity contribution is 0.0975. The van der Waals surface area contributed by atoms with Gasteiger partial charge in [0, 0.05) is 10.4 Å². The molecule has 150 valence electrons. The fourth-order valence-electron chi connectivity index (χ4n) is 2.63. The topological polar surface area (TPSA) is 93.4 Å². The fourth-order valence-corrected chi connectivity index (χ4v) is 4.04. The molecule has 0 fully saturated rings. The Kier molecular flexibility index (Phi) is 7.53. The van der Waals surface area contributed by atoms with Crippen molar-refractivity contribution in [3.63, 3.8) is 0 Å². The van der Waals surface area contributed by atoms with Crippen LogP contribution in [-0.4, -0.2) is 23.5 Å². The summed E-state index contributed by atoms with van der Waals surface area (Å²) >= 11 is 6.62. The molecule has 0 aliphatic rings. The van der Waals surface area contributed by atoms with Gasteiger partial charge in [-0.1, -0.05) is 20.8 Å². The number of nitrogens with one attached hydrogen (secondary N) is 2. The maximum absolute atomic E-state index is 12.4. The van der Waals surface area contributed by atoms with E-state index in [0.29, 0.717) is 40.8 Å². The van der Waals surface area contributed by atoms with E-state index < -0.39 is 5.91 Å². The van der Waals surface area contributed by atoms with Gasteiger partial charge in [0.05, 0.1) is 12.2 Å². The molecule has 0 spiro atoms. The molecule has 0 aliphatic heterocycles. The lowest BCUT2D eigenvalue weighted by atomic mass is 10.1. The Labute approximate surface area is 174 Å². The molecule has 0 atom stereocenters. The van der Waals surface area contributed by atoms with Gasteiger partial charge in [0.15, 0.2) is 5.11 Å². The molecule has 0 radical (unpaired) electrons. The normalized spacial score (nSPS) is 10.6. The minimum Gasteiger partial charge on any atom is -0.493 e. The van der Waals surface area contributed by atoms with E-state index in [1.54, 1.807) is 24.3 Å². The van der Waals surface area contributed by atoms with E-state index >= 15 is 0 Å². The first-order chi connectivity index (χ1) is 13.2. The van der Waals surface area contributed by atoms with Crippen LogP contribution in [-0.2, 0) is 6.42 Å². The zero-order valence-electron chi connectivity index (χ0n) is 16.4. The van der Waals surface area contributed by atoms with Crippen molar-refractivity contribution in [2.45, 2.75) is 34.1 Å². The monoisotopic (exact) mass is 419 g/mol. The average molecular weight is 420 g/mol. The standard InChI is InChI=1S/C20H25N3O3S2/c1-5-15-12(4)28-19(16(15)17(21)24)23-20(27)22-18(25)13-6-8-14(9-7-13)26-10-11(2)3/h6-9,11H,5,10H2,1-4H3,(H2,21,24)(H2,22,23,25,27). The number of anilines is 1. The van der Waals surface area contributed by atoms with Crippen molar-refractivity contribution in [3.8, 4) is 5.75 Å². The summed E-state index contributed by atoms with van der Waals surface area (Å²) in [6, 6.07) is 6.84. The summed E-state index contributed by atoms with van der Waals surface area (Å²) in [5, 5.41) is 6.20. The van der Waals surface area contributed by atoms with Crippen molar-refractivity contribution < 1.29 is 14.3 Å². The largest absolute Gasteiger partial charge is 0.493 e. The van der Waals surface area contributed by atoms with Gasteiger partial charge in [-0.15, -0.1) is 11.3 Å². The number of hydrogen-bond donors (Lipinski definition) is 3. The second-order valence-corrected chi connectivity index (χ2v) is 8.33. The Morgan fingerprint density at radius 1 is 1.25 bits per heavy atom. The first kappa shape index (κ1) is 21.8. The summed E-state index contributed by atoms with van der Waals surface area (Å²) in [5.41, 5.74) is 7.29. The molecule has 0 saturated heterocycles. The highest BCUT2D eigenvalue weighted by atomic mass is 32.1. The summed E-state index contributed by atoms with van der Waals surface area (Å²) < 4.78 is 5.61. The van der Waals surface area contributed by atoms with Gasteiger partial charge in [-0.2, -0.15) is 0 Å². The van der Waals surface area contributed by atoms with E-state index in [1.807, 2.05) is 13.8 Å². The van der Waals surface area contributed by atoms with Crippen molar-refractivity contribution in [2.24, 2.45) is 11.7 Å². The summed E-state index contributed by atoms with van der Waals surface area (Å²) in [6.45, 7) is 8.63.